The minimum absolute atomic E-state index is 0.178. The number of aliphatic carboxylic acids is 1. The van der Waals surface area contributed by atoms with Crippen LogP contribution < -0.4 is 10.1 Å². The van der Waals surface area contributed by atoms with Gasteiger partial charge in [0.15, 0.2) is 5.60 Å². The fraction of sp³-hybridized carbons (Fsp3) is 0.382. The van der Waals surface area contributed by atoms with E-state index in [1.165, 1.54) is 16.7 Å². The van der Waals surface area contributed by atoms with Gasteiger partial charge >= 0.3 is 5.97 Å². The molecule has 1 aliphatic heterocycles. The molecule has 3 aromatic rings. The number of rotatable bonds is 10. The lowest BCUT2D eigenvalue weighted by Gasteiger charge is -2.31. The van der Waals surface area contributed by atoms with Gasteiger partial charge < -0.3 is 20.1 Å². The van der Waals surface area contributed by atoms with Crippen LogP contribution in [0.3, 0.4) is 0 Å². The highest BCUT2D eigenvalue weighted by molar-refractivity contribution is 5.88. The second-order valence-corrected chi connectivity index (χ2v) is 11.3. The van der Waals surface area contributed by atoms with Gasteiger partial charge in [0.25, 0.3) is 0 Å². The van der Waals surface area contributed by atoms with E-state index in [1.807, 2.05) is 31.2 Å². The van der Waals surface area contributed by atoms with E-state index in [0.29, 0.717) is 11.7 Å². The van der Waals surface area contributed by atoms with Crippen molar-refractivity contribution in [3.63, 3.8) is 0 Å². The Morgan fingerprint density at radius 3 is 2.41 bits per heavy atom. The molecule has 0 aromatic heterocycles. The van der Waals surface area contributed by atoms with Crippen molar-refractivity contribution >= 4 is 23.3 Å². The van der Waals surface area contributed by atoms with Crippen LogP contribution in [-0.2, 0) is 17.8 Å². The molecule has 3 aromatic carbocycles. The third kappa shape index (κ3) is 7.75. The monoisotopic (exact) mass is 554 g/mol. The van der Waals surface area contributed by atoms with E-state index in [1.54, 1.807) is 20.9 Å². The molecule has 7 heteroatoms. The zero-order valence-corrected chi connectivity index (χ0v) is 25.0. The molecule has 1 aliphatic rings. The second-order valence-electron chi connectivity index (χ2n) is 11.3. The van der Waals surface area contributed by atoms with Crippen LogP contribution in [-0.4, -0.2) is 46.8 Å². The SMILES string of the molecule is CN=C(C)NC(C)c1ccc(CN(CCc2ccc(OC(C)(C)C(=O)O)cc2)C2=Nc3ccccc3C(C)C2)cc1. The number of carboxylic acids is 1. The van der Waals surface area contributed by atoms with E-state index >= 15 is 0 Å². The van der Waals surface area contributed by atoms with Gasteiger partial charge in [-0.1, -0.05) is 61.5 Å². The van der Waals surface area contributed by atoms with E-state index in [-0.39, 0.29) is 6.04 Å². The summed E-state index contributed by atoms with van der Waals surface area (Å²) in [5.41, 5.74) is 4.68. The number of carbonyl (C=O) groups is 1. The Labute approximate surface area is 244 Å². The fourth-order valence-corrected chi connectivity index (χ4v) is 4.99. The first-order valence-electron chi connectivity index (χ1n) is 14.3. The molecule has 0 saturated heterocycles. The lowest BCUT2D eigenvalue weighted by atomic mass is 9.92. The van der Waals surface area contributed by atoms with Crippen LogP contribution >= 0.6 is 0 Å². The predicted molar refractivity (Wildman–Crippen MR) is 166 cm³/mol. The quantitative estimate of drug-likeness (QED) is 0.210. The first-order chi connectivity index (χ1) is 19.6. The molecule has 0 amide bonds. The molecule has 0 spiro atoms. The Morgan fingerprint density at radius 2 is 1.76 bits per heavy atom. The molecule has 0 fully saturated rings. The number of nitrogens with zero attached hydrogens (tertiary/aromatic N) is 3. The minimum Gasteiger partial charge on any atom is -0.478 e. The highest BCUT2D eigenvalue weighted by Gasteiger charge is 2.29. The molecule has 0 radical (unpaired) electrons. The summed E-state index contributed by atoms with van der Waals surface area (Å²) in [4.78, 5) is 23.1. The number of nitrogens with one attached hydrogen (secondary N) is 1. The Balaban J connectivity index is 1.52. The van der Waals surface area contributed by atoms with Gasteiger partial charge in [-0.15, -0.1) is 0 Å². The van der Waals surface area contributed by atoms with Crippen molar-refractivity contribution in [3.05, 3.63) is 95.1 Å². The second kappa shape index (κ2) is 13.0. The number of fused-ring (bicyclic) bond motifs is 1. The van der Waals surface area contributed by atoms with Crippen molar-refractivity contribution in [2.75, 3.05) is 13.6 Å². The molecule has 216 valence electrons. The largest absolute Gasteiger partial charge is 0.478 e. The summed E-state index contributed by atoms with van der Waals surface area (Å²) in [5, 5.41) is 12.8. The van der Waals surface area contributed by atoms with E-state index in [4.69, 9.17) is 9.73 Å². The van der Waals surface area contributed by atoms with Crippen LogP contribution in [0.2, 0.25) is 0 Å². The molecule has 7 nitrogen and oxygen atoms in total. The minimum atomic E-state index is -1.28. The zero-order chi connectivity index (χ0) is 29.6. The number of aliphatic imine (C=N–C) groups is 2. The van der Waals surface area contributed by atoms with Crippen LogP contribution in [0.5, 0.6) is 5.75 Å². The van der Waals surface area contributed by atoms with Gasteiger partial charge in [0.2, 0.25) is 0 Å². The maximum atomic E-state index is 11.4. The highest BCUT2D eigenvalue weighted by atomic mass is 16.5. The normalized spacial score (nSPS) is 15.9. The Bertz CT molecular complexity index is 1390. The fourth-order valence-electron chi connectivity index (χ4n) is 4.99. The molecular weight excluding hydrogens is 512 g/mol. The van der Waals surface area contributed by atoms with Gasteiger partial charge in [-0.2, -0.15) is 0 Å². The van der Waals surface area contributed by atoms with Gasteiger partial charge in [-0.05, 0) is 80.5 Å². The zero-order valence-electron chi connectivity index (χ0n) is 25.0. The van der Waals surface area contributed by atoms with Gasteiger partial charge in [0.05, 0.1) is 11.5 Å². The smallest absolute Gasteiger partial charge is 0.347 e. The standard InChI is InChI=1S/C34H42N4O3/c1-23-21-32(37-31-10-8-7-9-30(23)31)38(22-27-11-15-28(16-12-27)24(2)36-25(3)35-6)20-19-26-13-17-29(18-14-26)41-34(4,5)33(39)40/h7-18,23-24H,19-22H2,1-6H3,(H,35,36)(H,39,40). The van der Waals surface area contributed by atoms with E-state index < -0.39 is 11.6 Å². The first kappa shape index (κ1) is 29.8. The summed E-state index contributed by atoms with van der Waals surface area (Å²) < 4.78 is 5.68. The van der Waals surface area contributed by atoms with Crippen molar-refractivity contribution in [1.29, 1.82) is 0 Å². The Morgan fingerprint density at radius 1 is 1.10 bits per heavy atom. The molecule has 0 bridgehead atoms. The van der Waals surface area contributed by atoms with E-state index in [0.717, 1.165) is 48.9 Å². The van der Waals surface area contributed by atoms with Gasteiger partial charge in [-0.3, -0.25) is 4.99 Å². The molecule has 2 unspecified atom stereocenters. The number of ether oxygens (including phenoxy) is 1. The van der Waals surface area contributed by atoms with Crippen LogP contribution in [0.1, 0.15) is 75.3 Å². The van der Waals surface area contributed by atoms with Gasteiger partial charge in [0, 0.05) is 32.6 Å². The molecule has 4 rings (SSSR count). The lowest BCUT2D eigenvalue weighted by Crippen LogP contribution is -2.37. The molecule has 0 saturated carbocycles. The maximum absolute atomic E-state index is 11.4. The average molecular weight is 555 g/mol. The van der Waals surface area contributed by atoms with E-state index in [9.17, 15) is 9.90 Å². The summed E-state index contributed by atoms with van der Waals surface area (Å²) in [6, 6.07) is 25.1. The number of carboxylic acid groups (broad SMARTS) is 1. The number of benzene rings is 3. The summed E-state index contributed by atoms with van der Waals surface area (Å²) in [7, 11) is 1.79. The van der Waals surface area contributed by atoms with Crippen molar-refractivity contribution in [3.8, 4) is 5.75 Å². The first-order valence-corrected chi connectivity index (χ1v) is 14.3. The summed E-state index contributed by atoms with van der Waals surface area (Å²) in [5.74, 6) is 1.97. The summed E-state index contributed by atoms with van der Waals surface area (Å²) in [6.07, 6.45) is 1.72. The Kier molecular flexibility index (Phi) is 9.48. The average Bonchev–Trinajstić information content (AvgIpc) is 2.96. The lowest BCUT2D eigenvalue weighted by molar-refractivity contribution is -0.152. The van der Waals surface area contributed by atoms with Crippen LogP contribution in [0.4, 0.5) is 5.69 Å². The van der Waals surface area contributed by atoms with Crippen molar-refractivity contribution < 1.29 is 14.6 Å². The van der Waals surface area contributed by atoms with Crippen molar-refractivity contribution in [2.24, 2.45) is 9.98 Å². The van der Waals surface area contributed by atoms with Crippen molar-refractivity contribution in [1.82, 2.24) is 10.2 Å². The van der Waals surface area contributed by atoms with Gasteiger partial charge in [-0.25, -0.2) is 9.79 Å². The van der Waals surface area contributed by atoms with E-state index in [2.05, 4.69) is 77.6 Å². The molecule has 2 N–H and O–H groups in total. The number of amidine groups is 2. The summed E-state index contributed by atoms with van der Waals surface area (Å²) >= 11 is 0. The topological polar surface area (TPSA) is 86.5 Å². The van der Waals surface area contributed by atoms with Gasteiger partial charge in [0.1, 0.15) is 11.6 Å². The van der Waals surface area contributed by atoms with Crippen LogP contribution in [0.25, 0.3) is 0 Å². The number of hydrogen-bond donors (Lipinski definition) is 2. The number of hydrogen-bond acceptors (Lipinski definition) is 5. The molecule has 0 aliphatic carbocycles. The Hall–Kier alpha value is -4.13. The predicted octanol–water partition coefficient (Wildman–Crippen LogP) is 6.91. The third-order valence-electron chi connectivity index (χ3n) is 7.67. The number of para-hydroxylation sites is 1. The third-order valence-corrected chi connectivity index (χ3v) is 7.67. The summed E-state index contributed by atoms with van der Waals surface area (Å²) in [6.45, 7) is 11.1. The maximum Gasteiger partial charge on any atom is 0.347 e. The van der Waals surface area contributed by atoms with Crippen LogP contribution in [0, 0.1) is 0 Å². The van der Waals surface area contributed by atoms with Crippen molar-refractivity contribution in [2.45, 2.75) is 71.6 Å². The molecular formula is C34H42N4O3. The molecule has 1 heterocycles. The molecule has 2 atom stereocenters. The molecule has 41 heavy (non-hydrogen) atoms. The highest BCUT2D eigenvalue weighted by Crippen LogP contribution is 2.35. The van der Waals surface area contributed by atoms with Crippen LogP contribution in [0.15, 0.2) is 82.8 Å².